The van der Waals surface area contributed by atoms with Crippen LogP contribution in [0.5, 0.6) is 11.5 Å². The van der Waals surface area contributed by atoms with E-state index in [0.29, 0.717) is 17.3 Å². The number of nitrogens with zero attached hydrogens (tertiary/aromatic N) is 1. The number of halogens is 1. The van der Waals surface area contributed by atoms with E-state index in [1.165, 1.54) is 25.3 Å². The first-order valence-corrected chi connectivity index (χ1v) is 8.93. The second kappa shape index (κ2) is 8.64. The molecule has 1 heterocycles. The molecule has 0 aliphatic heterocycles. The lowest BCUT2D eigenvalue weighted by Gasteiger charge is -2.12. The molecule has 1 aromatic heterocycles. The van der Waals surface area contributed by atoms with E-state index < -0.39 is 17.6 Å². The van der Waals surface area contributed by atoms with Gasteiger partial charge in [0.2, 0.25) is 0 Å². The van der Waals surface area contributed by atoms with Crippen molar-refractivity contribution in [2.75, 3.05) is 12.4 Å². The van der Waals surface area contributed by atoms with Crippen molar-refractivity contribution < 1.29 is 28.0 Å². The van der Waals surface area contributed by atoms with Crippen LogP contribution in [0.15, 0.2) is 40.9 Å². The van der Waals surface area contributed by atoms with Crippen molar-refractivity contribution in [2.45, 2.75) is 20.5 Å². The van der Waals surface area contributed by atoms with Gasteiger partial charge in [-0.25, -0.2) is 4.39 Å². The zero-order valence-electron chi connectivity index (χ0n) is 16.6. The van der Waals surface area contributed by atoms with Crippen LogP contribution in [0.1, 0.15) is 37.7 Å². The van der Waals surface area contributed by atoms with Crippen molar-refractivity contribution in [1.82, 2.24) is 5.16 Å². The van der Waals surface area contributed by atoms with Crippen LogP contribution in [0.3, 0.4) is 0 Å². The lowest BCUT2D eigenvalue weighted by atomic mass is 10.1. The Morgan fingerprint density at radius 1 is 1.17 bits per heavy atom. The van der Waals surface area contributed by atoms with Crippen molar-refractivity contribution in [3.8, 4) is 11.5 Å². The molecule has 0 aliphatic carbocycles. The van der Waals surface area contributed by atoms with Crippen LogP contribution in [0.4, 0.5) is 10.1 Å². The van der Waals surface area contributed by atoms with Crippen molar-refractivity contribution >= 4 is 17.5 Å². The zero-order valence-corrected chi connectivity index (χ0v) is 16.6. The normalized spacial score (nSPS) is 10.5. The fourth-order valence-electron chi connectivity index (χ4n) is 2.78. The number of rotatable bonds is 7. The predicted octanol–water partition coefficient (Wildman–Crippen LogP) is 3.37. The third kappa shape index (κ3) is 4.40. The molecule has 0 spiro atoms. The minimum absolute atomic E-state index is 0.230. The van der Waals surface area contributed by atoms with Gasteiger partial charge in [-0.2, -0.15) is 0 Å². The molecule has 2 amide bonds. The van der Waals surface area contributed by atoms with E-state index >= 15 is 0 Å². The van der Waals surface area contributed by atoms with Crippen LogP contribution in [-0.2, 0) is 6.61 Å². The summed E-state index contributed by atoms with van der Waals surface area (Å²) in [6.07, 6.45) is 0. The molecular weight excluding hydrogens is 393 g/mol. The number of anilines is 1. The standard InChI is InChI=1S/C21H20FN3O5/c1-11-16(12(2)30-25-11)10-29-18-7-4-13(8-19(18)28-3)21(27)24-14-5-6-17(22)15(9-14)20(23)26/h4-9H,10H2,1-3H3,(H2,23,26)(H,24,27). The fourth-order valence-corrected chi connectivity index (χ4v) is 2.78. The number of aromatic nitrogens is 1. The Kier molecular flexibility index (Phi) is 6.01. The molecule has 0 radical (unpaired) electrons. The summed E-state index contributed by atoms with van der Waals surface area (Å²) in [4.78, 5) is 23.8. The van der Waals surface area contributed by atoms with E-state index in [1.807, 2.05) is 6.92 Å². The Balaban J connectivity index is 1.76. The lowest BCUT2D eigenvalue weighted by Crippen LogP contribution is -2.16. The van der Waals surface area contributed by atoms with E-state index in [0.717, 1.165) is 17.3 Å². The van der Waals surface area contributed by atoms with E-state index in [9.17, 15) is 14.0 Å². The summed E-state index contributed by atoms with van der Waals surface area (Å²) in [5.74, 6) is -0.713. The van der Waals surface area contributed by atoms with Gasteiger partial charge < -0.3 is 25.0 Å². The number of primary amides is 1. The molecule has 3 aromatic rings. The Morgan fingerprint density at radius 2 is 1.93 bits per heavy atom. The average molecular weight is 413 g/mol. The maximum absolute atomic E-state index is 13.6. The van der Waals surface area contributed by atoms with Gasteiger partial charge in [0.1, 0.15) is 18.2 Å². The lowest BCUT2D eigenvalue weighted by molar-refractivity contribution is 0.0992. The number of aryl methyl sites for hydroxylation is 2. The monoisotopic (exact) mass is 413 g/mol. The number of methoxy groups -OCH3 is 1. The first-order chi connectivity index (χ1) is 14.3. The van der Waals surface area contributed by atoms with Crippen LogP contribution >= 0.6 is 0 Å². The van der Waals surface area contributed by atoms with Gasteiger partial charge in [-0.1, -0.05) is 5.16 Å². The Morgan fingerprint density at radius 3 is 2.57 bits per heavy atom. The summed E-state index contributed by atoms with van der Waals surface area (Å²) in [5.41, 5.74) is 6.89. The minimum Gasteiger partial charge on any atom is -0.493 e. The van der Waals surface area contributed by atoms with Crippen molar-refractivity contribution in [3.05, 3.63) is 70.4 Å². The molecule has 8 nitrogen and oxygen atoms in total. The van der Waals surface area contributed by atoms with Gasteiger partial charge in [0.15, 0.2) is 11.5 Å². The SMILES string of the molecule is COc1cc(C(=O)Nc2ccc(F)c(C(N)=O)c2)ccc1OCc1c(C)noc1C. The number of hydrogen-bond donors (Lipinski definition) is 2. The van der Waals surface area contributed by atoms with Crippen LogP contribution in [0.2, 0.25) is 0 Å². The molecule has 0 unspecified atom stereocenters. The van der Waals surface area contributed by atoms with Crippen molar-refractivity contribution in [1.29, 1.82) is 0 Å². The van der Waals surface area contributed by atoms with Gasteiger partial charge in [0, 0.05) is 11.3 Å². The largest absolute Gasteiger partial charge is 0.493 e. The number of nitrogens with one attached hydrogen (secondary N) is 1. The summed E-state index contributed by atoms with van der Waals surface area (Å²) in [5, 5.41) is 6.47. The molecule has 0 fully saturated rings. The van der Waals surface area contributed by atoms with Gasteiger partial charge in [0.05, 0.1) is 23.9 Å². The van der Waals surface area contributed by atoms with Crippen LogP contribution < -0.4 is 20.5 Å². The highest BCUT2D eigenvalue weighted by atomic mass is 19.1. The van der Waals surface area contributed by atoms with Gasteiger partial charge >= 0.3 is 0 Å². The Labute approximate surface area is 171 Å². The van der Waals surface area contributed by atoms with Gasteiger partial charge in [0.25, 0.3) is 11.8 Å². The predicted molar refractivity (Wildman–Crippen MR) is 106 cm³/mol. The summed E-state index contributed by atoms with van der Waals surface area (Å²) in [7, 11) is 1.46. The molecule has 0 bridgehead atoms. The third-order valence-electron chi connectivity index (χ3n) is 4.47. The summed E-state index contributed by atoms with van der Waals surface area (Å²) in [6, 6.07) is 8.23. The molecular formula is C21H20FN3O5. The molecule has 3 N–H and O–H groups in total. The van der Waals surface area contributed by atoms with Gasteiger partial charge in [-0.3, -0.25) is 9.59 Å². The Bertz CT molecular complexity index is 1090. The highest BCUT2D eigenvalue weighted by Gasteiger charge is 2.15. The number of ether oxygens (including phenoxy) is 2. The number of hydrogen-bond acceptors (Lipinski definition) is 6. The summed E-state index contributed by atoms with van der Waals surface area (Å²) in [6.45, 7) is 3.84. The van der Waals surface area contributed by atoms with Crippen molar-refractivity contribution in [2.24, 2.45) is 5.73 Å². The molecule has 0 saturated heterocycles. The Hall–Kier alpha value is -3.88. The van der Waals surface area contributed by atoms with Crippen molar-refractivity contribution in [3.63, 3.8) is 0 Å². The highest BCUT2D eigenvalue weighted by molar-refractivity contribution is 6.05. The first kappa shape index (κ1) is 20.8. The quantitative estimate of drug-likeness (QED) is 0.613. The van der Waals surface area contributed by atoms with Gasteiger partial charge in [-0.15, -0.1) is 0 Å². The van der Waals surface area contributed by atoms with Gasteiger partial charge in [-0.05, 0) is 50.2 Å². The number of carbonyl (C=O) groups is 2. The second-order valence-corrected chi connectivity index (χ2v) is 6.47. The first-order valence-electron chi connectivity index (χ1n) is 8.93. The van der Waals surface area contributed by atoms with Crippen LogP contribution in [0, 0.1) is 19.7 Å². The summed E-state index contributed by atoms with van der Waals surface area (Å²) >= 11 is 0. The van der Waals surface area contributed by atoms with E-state index in [2.05, 4.69) is 10.5 Å². The molecule has 0 atom stereocenters. The van der Waals surface area contributed by atoms with Crippen LogP contribution in [0.25, 0.3) is 0 Å². The molecule has 30 heavy (non-hydrogen) atoms. The smallest absolute Gasteiger partial charge is 0.255 e. The zero-order chi connectivity index (χ0) is 21.8. The second-order valence-electron chi connectivity index (χ2n) is 6.47. The average Bonchev–Trinajstić information content (AvgIpc) is 3.04. The minimum atomic E-state index is -0.926. The van der Waals surface area contributed by atoms with Crippen LogP contribution in [-0.4, -0.2) is 24.1 Å². The van der Waals surface area contributed by atoms with E-state index in [-0.39, 0.29) is 23.4 Å². The number of amides is 2. The molecule has 9 heteroatoms. The molecule has 3 rings (SSSR count). The summed E-state index contributed by atoms with van der Waals surface area (Å²) < 4.78 is 29.8. The molecule has 0 saturated carbocycles. The number of carbonyl (C=O) groups excluding carboxylic acids is 2. The molecule has 2 aromatic carbocycles. The van der Waals surface area contributed by atoms with E-state index in [1.54, 1.807) is 19.1 Å². The molecule has 0 aliphatic rings. The third-order valence-corrected chi connectivity index (χ3v) is 4.47. The molecule has 156 valence electrons. The number of nitrogens with two attached hydrogens (primary N) is 1. The number of benzene rings is 2. The maximum Gasteiger partial charge on any atom is 0.255 e. The van der Waals surface area contributed by atoms with E-state index in [4.69, 9.17) is 19.7 Å². The topological polar surface area (TPSA) is 117 Å². The fraction of sp³-hybridized carbons (Fsp3) is 0.190. The maximum atomic E-state index is 13.6. The highest BCUT2D eigenvalue weighted by Crippen LogP contribution is 2.30.